The molecule has 0 unspecified atom stereocenters. The highest BCUT2D eigenvalue weighted by atomic mass is 16.5. The first kappa shape index (κ1) is 9.77. The number of ether oxygens (including phenoxy) is 1. The van der Waals surface area contributed by atoms with Gasteiger partial charge < -0.3 is 4.74 Å². The molecule has 3 rings (SSSR count). The van der Waals surface area contributed by atoms with Crippen LogP contribution in [0.1, 0.15) is 0 Å². The first-order chi connectivity index (χ1) is 8.36. The summed E-state index contributed by atoms with van der Waals surface area (Å²) in [5, 5.41) is 7.73. The molecule has 0 spiro atoms. The minimum atomic E-state index is 0.733. The normalized spacial score (nSPS) is 10.6. The topological polar surface area (TPSA) is 52.3 Å². The summed E-state index contributed by atoms with van der Waals surface area (Å²) in [7, 11) is 1.65. The third-order valence-electron chi connectivity index (χ3n) is 2.55. The average Bonchev–Trinajstić information content (AvgIpc) is 2.86. The van der Waals surface area contributed by atoms with Gasteiger partial charge in [-0.05, 0) is 12.1 Å². The lowest BCUT2D eigenvalue weighted by molar-refractivity contribution is 0.415. The molecule has 0 aliphatic carbocycles. The number of nitrogens with zero attached hydrogens (tertiary/aromatic N) is 4. The molecule has 5 heteroatoms. The molecule has 0 saturated heterocycles. The molecule has 0 N–H and O–H groups in total. The van der Waals surface area contributed by atoms with E-state index in [1.165, 1.54) is 0 Å². The SMILES string of the molecule is COc1cccc(-c2cn3cnnc3cn2)c1. The van der Waals surface area contributed by atoms with Gasteiger partial charge >= 0.3 is 0 Å². The number of benzene rings is 1. The second-order valence-electron chi connectivity index (χ2n) is 3.60. The van der Waals surface area contributed by atoms with E-state index in [1.807, 2.05) is 34.9 Å². The van der Waals surface area contributed by atoms with E-state index in [9.17, 15) is 0 Å². The average molecular weight is 226 g/mol. The summed E-state index contributed by atoms with van der Waals surface area (Å²) in [6.45, 7) is 0. The third-order valence-corrected chi connectivity index (χ3v) is 2.55. The first-order valence-corrected chi connectivity index (χ1v) is 5.16. The van der Waals surface area contributed by atoms with Crippen LogP contribution in [0.15, 0.2) is 43.0 Å². The van der Waals surface area contributed by atoms with Crippen LogP contribution in [0.4, 0.5) is 0 Å². The summed E-state index contributed by atoms with van der Waals surface area (Å²) in [6.07, 6.45) is 5.24. The van der Waals surface area contributed by atoms with E-state index < -0.39 is 0 Å². The molecule has 0 atom stereocenters. The Bertz CT molecular complexity index is 662. The number of hydrogen-bond donors (Lipinski definition) is 0. The summed E-state index contributed by atoms with van der Waals surface area (Å²) in [4.78, 5) is 4.35. The lowest BCUT2D eigenvalue weighted by atomic mass is 10.1. The van der Waals surface area contributed by atoms with Crippen LogP contribution in [0.3, 0.4) is 0 Å². The predicted octanol–water partition coefficient (Wildman–Crippen LogP) is 1.80. The van der Waals surface area contributed by atoms with Crippen LogP contribution in [-0.2, 0) is 0 Å². The Balaban J connectivity index is 2.12. The molecule has 3 aromatic rings. The second kappa shape index (κ2) is 3.86. The van der Waals surface area contributed by atoms with Gasteiger partial charge in [0.05, 0.1) is 19.0 Å². The van der Waals surface area contributed by atoms with E-state index in [0.29, 0.717) is 0 Å². The van der Waals surface area contributed by atoms with Crippen LogP contribution in [0.5, 0.6) is 5.75 Å². The van der Waals surface area contributed by atoms with Crippen LogP contribution < -0.4 is 4.74 Å². The highest BCUT2D eigenvalue weighted by Crippen LogP contribution is 2.21. The van der Waals surface area contributed by atoms with Crippen molar-refractivity contribution < 1.29 is 4.74 Å². The van der Waals surface area contributed by atoms with Crippen LogP contribution in [0, 0.1) is 0 Å². The van der Waals surface area contributed by atoms with Gasteiger partial charge in [-0.25, -0.2) is 0 Å². The largest absolute Gasteiger partial charge is 0.497 e. The van der Waals surface area contributed by atoms with E-state index in [2.05, 4.69) is 15.2 Å². The van der Waals surface area contributed by atoms with Gasteiger partial charge in [0.15, 0.2) is 5.65 Å². The Hall–Kier alpha value is -2.43. The first-order valence-electron chi connectivity index (χ1n) is 5.16. The highest BCUT2D eigenvalue weighted by molar-refractivity contribution is 5.61. The van der Waals surface area contributed by atoms with Gasteiger partial charge in [0.2, 0.25) is 0 Å². The molecule has 0 fully saturated rings. The Kier molecular flexibility index (Phi) is 2.22. The Morgan fingerprint density at radius 2 is 2.24 bits per heavy atom. The van der Waals surface area contributed by atoms with Crippen molar-refractivity contribution in [3.8, 4) is 17.0 Å². The fraction of sp³-hybridized carbons (Fsp3) is 0.0833. The van der Waals surface area contributed by atoms with Crippen molar-refractivity contribution in [3.05, 3.63) is 43.0 Å². The van der Waals surface area contributed by atoms with Gasteiger partial charge in [0.1, 0.15) is 12.1 Å². The molecule has 0 bridgehead atoms. The Morgan fingerprint density at radius 1 is 1.29 bits per heavy atom. The molecule has 17 heavy (non-hydrogen) atoms. The fourth-order valence-electron chi connectivity index (χ4n) is 1.67. The van der Waals surface area contributed by atoms with E-state index in [0.717, 1.165) is 22.7 Å². The van der Waals surface area contributed by atoms with Gasteiger partial charge in [-0.2, -0.15) is 0 Å². The van der Waals surface area contributed by atoms with Crippen molar-refractivity contribution in [3.63, 3.8) is 0 Å². The van der Waals surface area contributed by atoms with Crippen LogP contribution >= 0.6 is 0 Å². The van der Waals surface area contributed by atoms with Crippen LogP contribution in [0.2, 0.25) is 0 Å². The fourth-order valence-corrected chi connectivity index (χ4v) is 1.67. The summed E-state index contributed by atoms with van der Waals surface area (Å²) < 4.78 is 7.02. The zero-order valence-corrected chi connectivity index (χ0v) is 9.24. The maximum absolute atomic E-state index is 5.19. The number of rotatable bonds is 2. The maximum atomic E-state index is 5.19. The van der Waals surface area contributed by atoms with Gasteiger partial charge in [0, 0.05) is 11.8 Å². The minimum Gasteiger partial charge on any atom is -0.497 e. The standard InChI is InChI=1S/C12H10N4O/c1-17-10-4-2-3-9(5-10)11-7-16-8-14-15-12(16)6-13-11/h2-8H,1H3. The molecule has 0 radical (unpaired) electrons. The quantitative estimate of drug-likeness (QED) is 0.668. The molecule has 0 amide bonds. The van der Waals surface area contributed by atoms with Gasteiger partial charge in [0.25, 0.3) is 0 Å². The van der Waals surface area contributed by atoms with E-state index in [-0.39, 0.29) is 0 Å². The molecular weight excluding hydrogens is 216 g/mol. The van der Waals surface area contributed by atoms with Gasteiger partial charge in [-0.1, -0.05) is 12.1 Å². The number of aromatic nitrogens is 4. The number of methoxy groups -OCH3 is 1. The Labute approximate surface area is 97.7 Å². The smallest absolute Gasteiger partial charge is 0.179 e. The molecule has 0 aliphatic heterocycles. The van der Waals surface area contributed by atoms with Crippen molar-refractivity contribution in [1.29, 1.82) is 0 Å². The van der Waals surface area contributed by atoms with E-state index >= 15 is 0 Å². The van der Waals surface area contributed by atoms with E-state index in [1.54, 1.807) is 19.6 Å². The molecule has 84 valence electrons. The maximum Gasteiger partial charge on any atom is 0.179 e. The third kappa shape index (κ3) is 1.71. The van der Waals surface area contributed by atoms with Crippen molar-refractivity contribution in [1.82, 2.24) is 19.6 Å². The van der Waals surface area contributed by atoms with Crippen LogP contribution in [0.25, 0.3) is 16.9 Å². The zero-order chi connectivity index (χ0) is 11.7. The van der Waals surface area contributed by atoms with Crippen molar-refractivity contribution in [2.24, 2.45) is 0 Å². The molecule has 2 heterocycles. The lowest BCUT2D eigenvalue weighted by Crippen LogP contribution is -1.90. The molecule has 0 saturated carbocycles. The minimum absolute atomic E-state index is 0.733. The second-order valence-corrected chi connectivity index (χ2v) is 3.60. The van der Waals surface area contributed by atoms with Crippen LogP contribution in [-0.4, -0.2) is 26.7 Å². The van der Waals surface area contributed by atoms with Crippen molar-refractivity contribution in [2.75, 3.05) is 7.11 Å². The van der Waals surface area contributed by atoms with Gasteiger partial charge in [-0.3, -0.25) is 9.38 Å². The Morgan fingerprint density at radius 3 is 3.12 bits per heavy atom. The lowest BCUT2D eigenvalue weighted by Gasteiger charge is -2.04. The molecular formula is C12H10N4O. The highest BCUT2D eigenvalue weighted by Gasteiger charge is 2.03. The van der Waals surface area contributed by atoms with E-state index in [4.69, 9.17) is 4.74 Å². The molecule has 5 nitrogen and oxygen atoms in total. The van der Waals surface area contributed by atoms with Crippen molar-refractivity contribution >= 4 is 5.65 Å². The van der Waals surface area contributed by atoms with Crippen molar-refractivity contribution in [2.45, 2.75) is 0 Å². The molecule has 2 aromatic heterocycles. The molecule has 0 aliphatic rings. The summed E-state index contributed by atoms with van der Waals surface area (Å²) in [5.74, 6) is 0.813. The zero-order valence-electron chi connectivity index (χ0n) is 9.24. The number of hydrogen-bond acceptors (Lipinski definition) is 4. The monoisotopic (exact) mass is 226 g/mol. The predicted molar refractivity (Wildman–Crippen MR) is 62.8 cm³/mol. The van der Waals surface area contributed by atoms with Gasteiger partial charge in [-0.15, -0.1) is 10.2 Å². The summed E-state index contributed by atoms with van der Waals surface area (Å²) in [5.41, 5.74) is 2.59. The summed E-state index contributed by atoms with van der Waals surface area (Å²) in [6, 6.07) is 7.77. The molecule has 1 aromatic carbocycles. The summed E-state index contributed by atoms with van der Waals surface area (Å²) >= 11 is 0. The number of fused-ring (bicyclic) bond motifs is 1.